The average Bonchev–Trinajstić information content (AvgIpc) is 2.02. The summed E-state index contributed by atoms with van der Waals surface area (Å²) in [5.41, 5.74) is 0. The Balaban J connectivity index is 0.000000461. The number of likely N-dealkylation sites (N-methyl/N-ethyl adjacent to an activating group) is 1. The van der Waals surface area contributed by atoms with E-state index in [1.165, 1.54) is 0 Å². The van der Waals surface area contributed by atoms with Crippen LogP contribution in [0, 0.1) is 5.92 Å². The van der Waals surface area contributed by atoms with Crippen molar-refractivity contribution in [2.45, 2.75) is 33.3 Å². The molecule has 0 saturated carbocycles. The van der Waals surface area contributed by atoms with Gasteiger partial charge in [-0.15, -0.1) is 0 Å². The number of rotatable bonds is 0. The number of hydrogen-bond acceptors (Lipinski definition) is 2. The van der Waals surface area contributed by atoms with Gasteiger partial charge < -0.3 is 10.0 Å². The van der Waals surface area contributed by atoms with Crippen LogP contribution < -0.4 is 0 Å². The highest BCUT2D eigenvalue weighted by Crippen LogP contribution is 2.14. The zero-order valence-electron chi connectivity index (χ0n) is 8.17. The second-order valence-electron chi connectivity index (χ2n) is 3.10. The molecule has 0 aromatic rings. The summed E-state index contributed by atoms with van der Waals surface area (Å²) in [6, 6.07) is 0. The van der Waals surface area contributed by atoms with Crippen LogP contribution in [0.5, 0.6) is 0 Å². The molecule has 0 aromatic heterocycles. The Kier molecular flexibility index (Phi) is 5.51. The molecule has 0 bridgehead atoms. The van der Waals surface area contributed by atoms with Crippen LogP contribution in [0.2, 0.25) is 0 Å². The van der Waals surface area contributed by atoms with Gasteiger partial charge in [-0.25, -0.2) is 0 Å². The lowest BCUT2D eigenvalue weighted by Gasteiger charge is -2.31. The molecule has 0 aromatic carbocycles. The smallest absolute Gasteiger partial charge is 0.0692 e. The Morgan fingerprint density at radius 1 is 1.36 bits per heavy atom. The minimum absolute atomic E-state index is 0.0938. The summed E-state index contributed by atoms with van der Waals surface area (Å²) in [5.74, 6) is 0.501. The van der Waals surface area contributed by atoms with E-state index in [9.17, 15) is 5.11 Å². The maximum atomic E-state index is 9.31. The van der Waals surface area contributed by atoms with Crippen LogP contribution in [0.4, 0.5) is 0 Å². The van der Waals surface area contributed by atoms with Crippen molar-refractivity contribution in [2.75, 3.05) is 20.1 Å². The summed E-state index contributed by atoms with van der Waals surface area (Å²) in [4.78, 5) is 2.17. The van der Waals surface area contributed by atoms with E-state index in [-0.39, 0.29) is 6.10 Å². The number of aliphatic hydroxyl groups is 1. The maximum absolute atomic E-state index is 9.31. The Morgan fingerprint density at radius 3 is 2.27 bits per heavy atom. The van der Waals surface area contributed by atoms with E-state index in [0.717, 1.165) is 19.5 Å². The van der Waals surface area contributed by atoms with Gasteiger partial charge in [-0.1, -0.05) is 20.8 Å². The van der Waals surface area contributed by atoms with Gasteiger partial charge in [0.25, 0.3) is 0 Å². The predicted octanol–water partition coefficient (Wildman–Crippen LogP) is 1.35. The fourth-order valence-corrected chi connectivity index (χ4v) is 1.21. The van der Waals surface area contributed by atoms with Crippen LogP contribution in [0.3, 0.4) is 0 Å². The van der Waals surface area contributed by atoms with Crippen molar-refractivity contribution >= 4 is 0 Å². The molecule has 1 heterocycles. The summed E-state index contributed by atoms with van der Waals surface area (Å²) in [5, 5.41) is 9.31. The number of aliphatic hydroxyl groups excluding tert-OH is 1. The molecule has 2 nitrogen and oxygen atoms in total. The zero-order valence-corrected chi connectivity index (χ0v) is 8.17. The molecule has 0 radical (unpaired) electrons. The molecule has 2 atom stereocenters. The van der Waals surface area contributed by atoms with Crippen molar-refractivity contribution < 1.29 is 5.11 Å². The summed E-state index contributed by atoms with van der Waals surface area (Å²) >= 11 is 0. The monoisotopic (exact) mass is 159 g/mol. The summed E-state index contributed by atoms with van der Waals surface area (Å²) in [7, 11) is 2.05. The molecule has 11 heavy (non-hydrogen) atoms. The molecule has 2 heteroatoms. The molecule has 1 fully saturated rings. The third-order valence-electron chi connectivity index (χ3n) is 2.12. The first-order valence-corrected chi connectivity index (χ1v) is 4.57. The van der Waals surface area contributed by atoms with Gasteiger partial charge in [-0.2, -0.15) is 0 Å². The van der Waals surface area contributed by atoms with E-state index in [2.05, 4.69) is 18.9 Å². The number of β-amino-alcohol motifs (C(OH)–C–C–N with tert-alkyl or cyclic N) is 1. The first kappa shape index (κ1) is 10.9. The van der Waals surface area contributed by atoms with E-state index in [0.29, 0.717) is 5.92 Å². The normalized spacial score (nSPS) is 32.5. The van der Waals surface area contributed by atoms with Crippen molar-refractivity contribution in [3.05, 3.63) is 0 Å². The Morgan fingerprint density at radius 2 is 1.91 bits per heavy atom. The number of piperidine rings is 1. The van der Waals surface area contributed by atoms with Crippen LogP contribution in [0.1, 0.15) is 27.2 Å². The fourth-order valence-electron chi connectivity index (χ4n) is 1.21. The van der Waals surface area contributed by atoms with Crippen LogP contribution >= 0.6 is 0 Å². The summed E-state index contributed by atoms with van der Waals surface area (Å²) < 4.78 is 0. The van der Waals surface area contributed by atoms with E-state index in [4.69, 9.17) is 0 Å². The lowest BCUT2D eigenvalue weighted by Crippen LogP contribution is -2.40. The van der Waals surface area contributed by atoms with Gasteiger partial charge in [0, 0.05) is 6.54 Å². The Hall–Kier alpha value is -0.0800. The number of hydrogen-bond donors (Lipinski definition) is 1. The molecule has 1 rings (SSSR count). The summed E-state index contributed by atoms with van der Waals surface area (Å²) in [6.45, 7) is 8.09. The predicted molar refractivity (Wildman–Crippen MR) is 48.6 cm³/mol. The molecule has 0 amide bonds. The molecule has 1 aliphatic rings. The van der Waals surface area contributed by atoms with Crippen LogP contribution in [0.25, 0.3) is 0 Å². The highest BCUT2D eigenvalue weighted by Gasteiger charge is 2.21. The zero-order chi connectivity index (χ0) is 8.85. The molecular formula is C9H21NO. The molecule has 68 valence electrons. The molecule has 1 N–H and O–H groups in total. The largest absolute Gasteiger partial charge is 0.392 e. The fraction of sp³-hybridized carbons (Fsp3) is 1.00. The van der Waals surface area contributed by atoms with Gasteiger partial charge in [0.1, 0.15) is 0 Å². The van der Waals surface area contributed by atoms with E-state index in [1.54, 1.807) is 0 Å². The number of likely N-dealkylation sites (tertiary alicyclic amines) is 1. The van der Waals surface area contributed by atoms with Gasteiger partial charge in [-0.3, -0.25) is 0 Å². The lowest BCUT2D eigenvalue weighted by atomic mass is 9.97. The second-order valence-corrected chi connectivity index (χ2v) is 3.10. The van der Waals surface area contributed by atoms with E-state index in [1.807, 2.05) is 13.8 Å². The first-order valence-electron chi connectivity index (χ1n) is 4.57. The molecule has 0 spiro atoms. The van der Waals surface area contributed by atoms with Gasteiger partial charge in [0.2, 0.25) is 0 Å². The van der Waals surface area contributed by atoms with Gasteiger partial charge >= 0.3 is 0 Å². The Labute approximate surface area is 70.2 Å². The molecule has 1 unspecified atom stereocenters. The molecular weight excluding hydrogens is 138 g/mol. The Bertz CT molecular complexity index is 95.6. The van der Waals surface area contributed by atoms with Crippen LogP contribution in [-0.2, 0) is 0 Å². The van der Waals surface area contributed by atoms with Crippen LogP contribution in [0.15, 0.2) is 0 Å². The van der Waals surface area contributed by atoms with E-state index >= 15 is 0 Å². The second kappa shape index (κ2) is 5.56. The first-order chi connectivity index (χ1) is 5.20. The molecule has 1 saturated heterocycles. The van der Waals surface area contributed by atoms with Crippen molar-refractivity contribution in [3.8, 4) is 0 Å². The van der Waals surface area contributed by atoms with Gasteiger partial charge in [-0.05, 0) is 25.9 Å². The van der Waals surface area contributed by atoms with Crippen molar-refractivity contribution in [1.29, 1.82) is 0 Å². The third kappa shape index (κ3) is 3.73. The molecule has 1 aliphatic heterocycles. The topological polar surface area (TPSA) is 23.5 Å². The van der Waals surface area contributed by atoms with Gasteiger partial charge in [0.05, 0.1) is 6.10 Å². The van der Waals surface area contributed by atoms with Crippen LogP contribution in [-0.4, -0.2) is 36.2 Å². The minimum Gasteiger partial charge on any atom is -0.392 e. The SMILES string of the molecule is CC.C[C@@H]1CCN(C)CC1O. The highest BCUT2D eigenvalue weighted by molar-refractivity contribution is 4.74. The quantitative estimate of drug-likeness (QED) is 0.576. The third-order valence-corrected chi connectivity index (χ3v) is 2.12. The lowest BCUT2D eigenvalue weighted by molar-refractivity contribution is 0.0404. The van der Waals surface area contributed by atoms with Crippen molar-refractivity contribution in [3.63, 3.8) is 0 Å². The number of nitrogens with zero attached hydrogens (tertiary/aromatic N) is 1. The van der Waals surface area contributed by atoms with Crippen molar-refractivity contribution in [1.82, 2.24) is 4.90 Å². The minimum atomic E-state index is -0.0938. The van der Waals surface area contributed by atoms with Crippen molar-refractivity contribution in [2.24, 2.45) is 5.92 Å². The average molecular weight is 159 g/mol. The summed E-state index contributed by atoms with van der Waals surface area (Å²) in [6.07, 6.45) is 1.04. The van der Waals surface area contributed by atoms with Gasteiger partial charge in [0.15, 0.2) is 0 Å². The molecule has 0 aliphatic carbocycles. The maximum Gasteiger partial charge on any atom is 0.0692 e. The highest BCUT2D eigenvalue weighted by atomic mass is 16.3. The standard InChI is InChI=1S/C7H15NO.C2H6/c1-6-3-4-8(2)5-7(6)9;1-2/h6-7,9H,3-5H2,1-2H3;1-2H3/t6-,7?;/m1./s1. The van der Waals surface area contributed by atoms with E-state index < -0.39 is 0 Å².